The molecule has 0 aromatic heterocycles. The Morgan fingerprint density at radius 1 is 1.17 bits per heavy atom. The number of benzene rings is 1. The van der Waals surface area contributed by atoms with E-state index in [-0.39, 0.29) is 0 Å². The lowest BCUT2D eigenvalue weighted by atomic mass is 9.83. The number of aryl methyl sites for hydroxylation is 1. The highest BCUT2D eigenvalue weighted by atomic mass is 16.4. The van der Waals surface area contributed by atoms with E-state index in [0.29, 0.717) is 6.04 Å². The van der Waals surface area contributed by atoms with Gasteiger partial charge in [0.25, 0.3) is 0 Å². The van der Waals surface area contributed by atoms with Crippen molar-refractivity contribution in [1.82, 2.24) is 4.90 Å². The smallest absolute Gasteiger partial charge is 0.0870 e. The van der Waals surface area contributed by atoms with E-state index in [9.17, 15) is 5.21 Å². The van der Waals surface area contributed by atoms with Crippen LogP contribution in [0.15, 0.2) is 23.4 Å². The van der Waals surface area contributed by atoms with Gasteiger partial charge in [-0.1, -0.05) is 50.5 Å². The second-order valence-electron chi connectivity index (χ2n) is 6.67. The van der Waals surface area contributed by atoms with Gasteiger partial charge in [0.15, 0.2) is 0 Å². The third-order valence-corrected chi connectivity index (χ3v) is 4.92. The first kappa shape index (κ1) is 18.0. The fourth-order valence-electron chi connectivity index (χ4n) is 3.88. The molecule has 0 heterocycles. The Bertz CT molecular complexity index is 518. The van der Waals surface area contributed by atoms with Crippen LogP contribution in [0, 0.1) is 0 Å². The van der Waals surface area contributed by atoms with Gasteiger partial charge in [-0.25, -0.2) is 0 Å². The minimum absolute atomic E-state index is 0.630. The standard InChI is InChI=1S/C20H32N2O/c1-4-8-20(21-23)18-10-7-9-16-11-12-17(15-19(16)18)22(13-5-2)14-6-3/h7,9-10,17,23H,4-6,8,11-15H2,1-3H3. The maximum absolute atomic E-state index is 9.43. The van der Waals surface area contributed by atoms with Crippen LogP contribution in [0.2, 0.25) is 0 Å². The fourth-order valence-corrected chi connectivity index (χ4v) is 3.88. The Labute approximate surface area is 141 Å². The number of hydrogen-bond donors (Lipinski definition) is 1. The summed E-state index contributed by atoms with van der Waals surface area (Å²) in [7, 11) is 0. The second-order valence-corrected chi connectivity index (χ2v) is 6.67. The molecule has 1 N–H and O–H groups in total. The molecule has 1 atom stereocenters. The topological polar surface area (TPSA) is 35.8 Å². The highest BCUT2D eigenvalue weighted by molar-refractivity contribution is 6.01. The summed E-state index contributed by atoms with van der Waals surface area (Å²) in [5.41, 5.74) is 4.89. The number of nitrogens with zero attached hydrogens (tertiary/aromatic N) is 2. The molecular formula is C20H32N2O. The predicted octanol–water partition coefficient (Wildman–Crippen LogP) is 4.64. The molecule has 1 aromatic rings. The molecule has 3 nitrogen and oxygen atoms in total. The van der Waals surface area contributed by atoms with E-state index in [1.807, 2.05) is 0 Å². The number of hydrogen-bond acceptors (Lipinski definition) is 3. The summed E-state index contributed by atoms with van der Waals surface area (Å²) in [5.74, 6) is 0. The lowest BCUT2D eigenvalue weighted by molar-refractivity contribution is 0.180. The molecular weight excluding hydrogens is 284 g/mol. The second kappa shape index (κ2) is 9.07. The quantitative estimate of drug-likeness (QED) is 0.431. The molecule has 0 amide bonds. The molecule has 2 rings (SSSR count). The van der Waals surface area contributed by atoms with Crippen LogP contribution >= 0.6 is 0 Å². The highest BCUT2D eigenvalue weighted by Crippen LogP contribution is 2.29. The van der Waals surface area contributed by atoms with E-state index in [2.05, 4.69) is 49.0 Å². The number of oxime groups is 1. The molecule has 0 radical (unpaired) electrons. The minimum atomic E-state index is 0.630. The van der Waals surface area contributed by atoms with Crippen molar-refractivity contribution in [2.45, 2.75) is 71.8 Å². The summed E-state index contributed by atoms with van der Waals surface area (Å²) in [6.07, 6.45) is 7.75. The van der Waals surface area contributed by atoms with E-state index in [1.54, 1.807) is 0 Å². The van der Waals surface area contributed by atoms with Gasteiger partial charge in [0.05, 0.1) is 5.71 Å². The average Bonchev–Trinajstić information content (AvgIpc) is 2.58. The molecule has 1 unspecified atom stereocenters. The molecule has 0 saturated carbocycles. The van der Waals surface area contributed by atoms with Crippen LogP contribution in [0.3, 0.4) is 0 Å². The zero-order valence-corrected chi connectivity index (χ0v) is 15.0. The van der Waals surface area contributed by atoms with E-state index in [1.165, 1.54) is 49.0 Å². The van der Waals surface area contributed by atoms with Crippen molar-refractivity contribution in [1.29, 1.82) is 0 Å². The van der Waals surface area contributed by atoms with Gasteiger partial charge in [-0.2, -0.15) is 0 Å². The van der Waals surface area contributed by atoms with Crippen LogP contribution in [0.25, 0.3) is 0 Å². The maximum atomic E-state index is 9.43. The monoisotopic (exact) mass is 316 g/mol. The molecule has 0 bridgehead atoms. The predicted molar refractivity (Wildman–Crippen MR) is 97.6 cm³/mol. The third-order valence-electron chi connectivity index (χ3n) is 4.92. The van der Waals surface area contributed by atoms with Gasteiger partial charge in [0.1, 0.15) is 0 Å². The highest BCUT2D eigenvalue weighted by Gasteiger charge is 2.26. The largest absolute Gasteiger partial charge is 0.411 e. The van der Waals surface area contributed by atoms with Crippen LogP contribution < -0.4 is 0 Å². The first-order valence-corrected chi connectivity index (χ1v) is 9.31. The number of fused-ring (bicyclic) bond motifs is 1. The first-order valence-electron chi connectivity index (χ1n) is 9.31. The Morgan fingerprint density at radius 3 is 2.52 bits per heavy atom. The molecule has 0 spiro atoms. The molecule has 1 aromatic carbocycles. The Hall–Kier alpha value is -1.35. The lowest BCUT2D eigenvalue weighted by Crippen LogP contribution is -2.40. The van der Waals surface area contributed by atoms with Gasteiger partial charge in [-0.3, -0.25) is 0 Å². The lowest BCUT2D eigenvalue weighted by Gasteiger charge is -2.36. The van der Waals surface area contributed by atoms with Crippen LogP contribution in [0.5, 0.6) is 0 Å². The number of rotatable bonds is 8. The molecule has 0 saturated heterocycles. The molecule has 0 fully saturated rings. The van der Waals surface area contributed by atoms with E-state index >= 15 is 0 Å². The van der Waals surface area contributed by atoms with Crippen LogP contribution in [-0.4, -0.2) is 35.0 Å². The zero-order chi connectivity index (χ0) is 16.7. The average molecular weight is 316 g/mol. The molecule has 128 valence electrons. The van der Waals surface area contributed by atoms with Crippen molar-refractivity contribution >= 4 is 5.71 Å². The van der Waals surface area contributed by atoms with E-state index in [0.717, 1.165) is 31.4 Å². The molecule has 23 heavy (non-hydrogen) atoms. The van der Waals surface area contributed by atoms with Crippen molar-refractivity contribution in [2.75, 3.05) is 13.1 Å². The van der Waals surface area contributed by atoms with Gasteiger partial charge < -0.3 is 10.1 Å². The zero-order valence-electron chi connectivity index (χ0n) is 15.0. The summed E-state index contributed by atoms with van der Waals surface area (Å²) in [5, 5.41) is 13.0. The van der Waals surface area contributed by atoms with Crippen LogP contribution in [-0.2, 0) is 12.8 Å². The van der Waals surface area contributed by atoms with Gasteiger partial charge in [-0.15, -0.1) is 0 Å². The molecule has 3 heteroatoms. The van der Waals surface area contributed by atoms with Crippen LogP contribution in [0.4, 0.5) is 0 Å². The summed E-state index contributed by atoms with van der Waals surface area (Å²) in [4.78, 5) is 2.66. The van der Waals surface area contributed by atoms with Crippen molar-refractivity contribution in [3.05, 3.63) is 34.9 Å². The normalized spacial score (nSPS) is 18.3. The van der Waals surface area contributed by atoms with E-state index in [4.69, 9.17) is 0 Å². The van der Waals surface area contributed by atoms with Gasteiger partial charge >= 0.3 is 0 Å². The first-order chi connectivity index (χ1) is 11.2. The van der Waals surface area contributed by atoms with Crippen LogP contribution in [0.1, 0.15) is 69.6 Å². The summed E-state index contributed by atoms with van der Waals surface area (Å²) in [6, 6.07) is 7.13. The Morgan fingerprint density at radius 2 is 1.91 bits per heavy atom. The maximum Gasteiger partial charge on any atom is 0.0870 e. The summed E-state index contributed by atoms with van der Waals surface area (Å²) >= 11 is 0. The molecule has 1 aliphatic rings. The van der Waals surface area contributed by atoms with Crippen molar-refractivity contribution < 1.29 is 5.21 Å². The van der Waals surface area contributed by atoms with Gasteiger partial charge in [-0.05, 0) is 62.7 Å². The summed E-state index contributed by atoms with van der Waals surface area (Å²) < 4.78 is 0. The minimum Gasteiger partial charge on any atom is -0.411 e. The van der Waals surface area contributed by atoms with Gasteiger partial charge in [0, 0.05) is 11.6 Å². The molecule has 1 aliphatic carbocycles. The fraction of sp³-hybridized carbons (Fsp3) is 0.650. The third kappa shape index (κ3) is 4.35. The Kier molecular flexibility index (Phi) is 7.10. The van der Waals surface area contributed by atoms with E-state index < -0.39 is 0 Å². The van der Waals surface area contributed by atoms with Crippen molar-refractivity contribution in [2.24, 2.45) is 5.16 Å². The SMILES string of the molecule is CCCC(=NO)c1cccc2c1CC(N(CCC)CCC)CC2. The van der Waals surface area contributed by atoms with Gasteiger partial charge in [0.2, 0.25) is 0 Å². The summed E-state index contributed by atoms with van der Waals surface area (Å²) in [6.45, 7) is 9.04. The Balaban J connectivity index is 2.27. The van der Waals surface area contributed by atoms with Crippen molar-refractivity contribution in [3.63, 3.8) is 0 Å². The van der Waals surface area contributed by atoms with Crippen molar-refractivity contribution in [3.8, 4) is 0 Å². The molecule has 0 aliphatic heterocycles.